The van der Waals surface area contributed by atoms with E-state index in [2.05, 4.69) is 10.6 Å². The molecule has 1 aliphatic rings. The van der Waals surface area contributed by atoms with Crippen molar-refractivity contribution >= 4 is 35.0 Å². The molecule has 1 aromatic carbocycles. The highest BCUT2D eigenvalue weighted by Gasteiger charge is 2.23. The number of carbonyl (C=O) groups is 2. The van der Waals surface area contributed by atoms with Gasteiger partial charge in [-0.15, -0.1) is 0 Å². The van der Waals surface area contributed by atoms with Gasteiger partial charge in [0.2, 0.25) is 5.91 Å². The van der Waals surface area contributed by atoms with Crippen molar-refractivity contribution < 1.29 is 9.59 Å². The summed E-state index contributed by atoms with van der Waals surface area (Å²) in [7, 11) is 0. The average Bonchev–Trinajstić information content (AvgIpc) is 3.13. The van der Waals surface area contributed by atoms with Crippen LogP contribution >= 0.6 is 23.2 Å². The first-order valence-corrected chi connectivity index (χ1v) is 6.34. The third kappa shape index (κ3) is 3.62. The van der Waals surface area contributed by atoms with Crippen LogP contribution in [-0.2, 0) is 4.79 Å². The lowest BCUT2D eigenvalue weighted by molar-refractivity contribution is -0.120. The van der Waals surface area contributed by atoms with Crippen LogP contribution in [0.25, 0.3) is 0 Å². The molecule has 2 N–H and O–H groups in total. The number of halogens is 2. The monoisotopic (exact) mass is 286 g/mol. The van der Waals surface area contributed by atoms with Crippen molar-refractivity contribution in [3.8, 4) is 0 Å². The Hall–Kier alpha value is -1.26. The summed E-state index contributed by atoms with van der Waals surface area (Å²) < 4.78 is 0. The van der Waals surface area contributed by atoms with Crippen molar-refractivity contribution in [2.75, 3.05) is 6.54 Å². The Labute approximate surface area is 115 Å². The maximum Gasteiger partial charge on any atom is 0.253 e. The highest BCUT2D eigenvalue weighted by molar-refractivity contribution is 6.35. The van der Waals surface area contributed by atoms with Crippen LogP contribution in [0, 0.1) is 0 Å². The van der Waals surface area contributed by atoms with Crippen molar-refractivity contribution in [2.45, 2.75) is 18.9 Å². The Bertz CT molecular complexity index is 487. The average molecular weight is 287 g/mol. The number of nitrogens with one attached hydrogen (secondary N) is 2. The minimum atomic E-state index is -0.409. The number of rotatable bonds is 4. The molecule has 0 unspecified atom stereocenters. The van der Waals surface area contributed by atoms with Crippen LogP contribution in [0.1, 0.15) is 23.2 Å². The molecule has 1 fully saturated rings. The summed E-state index contributed by atoms with van der Waals surface area (Å²) in [6, 6.07) is 4.89. The van der Waals surface area contributed by atoms with Gasteiger partial charge in [-0.2, -0.15) is 0 Å². The molecule has 0 heterocycles. The second kappa shape index (κ2) is 5.59. The van der Waals surface area contributed by atoms with E-state index in [1.54, 1.807) is 12.1 Å². The predicted octanol–water partition coefficient (Wildman–Crippen LogP) is 2.00. The number of amides is 2. The van der Waals surface area contributed by atoms with Gasteiger partial charge in [-0.05, 0) is 31.0 Å². The molecule has 0 saturated heterocycles. The molecule has 0 atom stereocenters. The van der Waals surface area contributed by atoms with Crippen LogP contribution in [-0.4, -0.2) is 24.4 Å². The molecule has 96 valence electrons. The number of hydrogen-bond donors (Lipinski definition) is 2. The predicted molar refractivity (Wildman–Crippen MR) is 70.0 cm³/mol. The molecule has 1 aromatic rings. The molecule has 1 saturated carbocycles. The van der Waals surface area contributed by atoms with E-state index in [1.165, 1.54) is 6.07 Å². The summed E-state index contributed by atoms with van der Waals surface area (Å²) in [4.78, 5) is 23.2. The third-order valence-electron chi connectivity index (χ3n) is 2.52. The topological polar surface area (TPSA) is 58.2 Å². The van der Waals surface area contributed by atoms with Crippen LogP contribution in [0.2, 0.25) is 10.0 Å². The Morgan fingerprint density at radius 2 is 2.00 bits per heavy atom. The summed E-state index contributed by atoms with van der Waals surface area (Å²) in [5, 5.41) is 6.01. The molecule has 18 heavy (non-hydrogen) atoms. The molecular weight excluding hydrogens is 275 g/mol. The minimum Gasteiger partial charge on any atom is -0.352 e. The van der Waals surface area contributed by atoms with Crippen LogP contribution < -0.4 is 10.6 Å². The second-order valence-corrected chi connectivity index (χ2v) is 4.99. The summed E-state index contributed by atoms with van der Waals surface area (Å²) in [5.74, 6) is -0.600. The SMILES string of the molecule is O=C(CNC(=O)c1cc(Cl)ccc1Cl)NC1CC1. The summed E-state index contributed by atoms with van der Waals surface area (Å²) in [6.07, 6.45) is 2.03. The molecule has 2 rings (SSSR count). The Morgan fingerprint density at radius 3 is 2.67 bits per heavy atom. The number of carbonyl (C=O) groups excluding carboxylic acids is 2. The normalized spacial score (nSPS) is 14.1. The molecule has 6 heteroatoms. The zero-order valence-corrected chi connectivity index (χ0v) is 11.0. The molecule has 0 spiro atoms. The van der Waals surface area contributed by atoms with Crippen molar-refractivity contribution in [1.82, 2.24) is 10.6 Å². The first kappa shape index (κ1) is 13.2. The van der Waals surface area contributed by atoms with Crippen LogP contribution in [0.15, 0.2) is 18.2 Å². The summed E-state index contributed by atoms with van der Waals surface area (Å²) >= 11 is 11.7. The molecule has 4 nitrogen and oxygen atoms in total. The lowest BCUT2D eigenvalue weighted by Crippen LogP contribution is -2.37. The van der Waals surface area contributed by atoms with Gasteiger partial charge in [0.1, 0.15) is 0 Å². The maximum absolute atomic E-state index is 11.8. The molecule has 2 amide bonds. The van der Waals surface area contributed by atoms with E-state index in [4.69, 9.17) is 23.2 Å². The Morgan fingerprint density at radius 1 is 1.28 bits per heavy atom. The van der Waals surface area contributed by atoms with Gasteiger partial charge < -0.3 is 10.6 Å². The van der Waals surface area contributed by atoms with Crippen LogP contribution in [0.3, 0.4) is 0 Å². The van der Waals surface area contributed by atoms with Crippen molar-refractivity contribution in [3.63, 3.8) is 0 Å². The molecule has 0 bridgehead atoms. The first-order chi connectivity index (χ1) is 8.56. The van der Waals surface area contributed by atoms with E-state index in [9.17, 15) is 9.59 Å². The quantitative estimate of drug-likeness (QED) is 0.890. The van der Waals surface area contributed by atoms with Gasteiger partial charge >= 0.3 is 0 Å². The lowest BCUT2D eigenvalue weighted by atomic mass is 10.2. The first-order valence-electron chi connectivity index (χ1n) is 5.59. The van der Waals surface area contributed by atoms with Gasteiger partial charge in [0.05, 0.1) is 17.1 Å². The van der Waals surface area contributed by atoms with E-state index >= 15 is 0 Å². The number of benzene rings is 1. The Kier molecular flexibility index (Phi) is 4.09. The zero-order valence-electron chi connectivity index (χ0n) is 9.50. The zero-order chi connectivity index (χ0) is 13.1. The Balaban J connectivity index is 1.90. The largest absolute Gasteiger partial charge is 0.352 e. The van der Waals surface area contributed by atoms with Gasteiger partial charge in [-0.1, -0.05) is 23.2 Å². The molecule has 0 aromatic heterocycles. The smallest absolute Gasteiger partial charge is 0.253 e. The van der Waals surface area contributed by atoms with E-state index in [0.29, 0.717) is 10.0 Å². The molecular formula is C12H12Cl2N2O2. The van der Waals surface area contributed by atoms with Gasteiger partial charge in [-0.25, -0.2) is 0 Å². The standard InChI is InChI=1S/C12H12Cl2N2O2/c13-7-1-4-10(14)9(5-7)12(18)15-6-11(17)16-8-2-3-8/h1,4-5,8H,2-3,6H2,(H,15,18)(H,16,17). The molecule has 0 radical (unpaired) electrons. The number of hydrogen-bond acceptors (Lipinski definition) is 2. The van der Waals surface area contributed by atoms with Gasteiger partial charge in [-0.3, -0.25) is 9.59 Å². The van der Waals surface area contributed by atoms with Crippen LogP contribution in [0.5, 0.6) is 0 Å². The van der Waals surface area contributed by atoms with Crippen molar-refractivity contribution in [1.29, 1.82) is 0 Å². The fourth-order valence-electron chi connectivity index (χ4n) is 1.43. The fourth-order valence-corrected chi connectivity index (χ4v) is 1.81. The maximum atomic E-state index is 11.8. The highest BCUT2D eigenvalue weighted by atomic mass is 35.5. The van der Waals surface area contributed by atoms with Crippen molar-refractivity contribution in [2.24, 2.45) is 0 Å². The van der Waals surface area contributed by atoms with E-state index in [0.717, 1.165) is 12.8 Å². The van der Waals surface area contributed by atoms with Crippen LogP contribution in [0.4, 0.5) is 0 Å². The fraction of sp³-hybridized carbons (Fsp3) is 0.333. The van der Waals surface area contributed by atoms with Gasteiger partial charge in [0.15, 0.2) is 0 Å². The van der Waals surface area contributed by atoms with E-state index in [-0.39, 0.29) is 24.1 Å². The second-order valence-electron chi connectivity index (χ2n) is 4.15. The van der Waals surface area contributed by atoms with E-state index < -0.39 is 5.91 Å². The van der Waals surface area contributed by atoms with Gasteiger partial charge in [0.25, 0.3) is 5.91 Å². The molecule has 1 aliphatic carbocycles. The van der Waals surface area contributed by atoms with Gasteiger partial charge in [0, 0.05) is 11.1 Å². The lowest BCUT2D eigenvalue weighted by Gasteiger charge is -2.07. The summed E-state index contributed by atoms with van der Waals surface area (Å²) in [6.45, 7) is -0.0574. The molecule has 0 aliphatic heterocycles. The summed E-state index contributed by atoms with van der Waals surface area (Å²) in [5.41, 5.74) is 0.267. The highest BCUT2D eigenvalue weighted by Crippen LogP contribution is 2.20. The van der Waals surface area contributed by atoms with E-state index in [1.807, 2.05) is 0 Å². The van der Waals surface area contributed by atoms with Crippen molar-refractivity contribution in [3.05, 3.63) is 33.8 Å². The third-order valence-corrected chi connectivity index (χ3v) is 3.09. The minimum absolute atomic E-state index is 0.0574.